The number of rotatable bonds is 3. The molecule has 0 radical (unpaired) electrons. The highest BCUT2D eigenvalue weighted by atomic mass is 35.5. The minimum Gasteiger partial charge on any atom is -0.298 e. The van der Waals surface area contributed by atoms with E-state index in [1.165, 1.54) is 6.07 Å². The minimum atomic E-state index is -0.351. The first-order chi connectivity index (χ1) is 5.74. The fourth-order valence-corrected chi connectivity index (χ4v) is 0.996. The summed E-state index contributed by atoms with van der Waals surface area (Å²) in [5.74, 6) is -0.577. The number of halogens is 2. The van der Waals surface area contributed by atoms with Crippen molar-refractivity contribution in [3.05, 3.63) is 35.6 Å². The number of Topliss-reactive ketones (excluding diaryl/α,β-unsaturated/α-hetero) is 1. The Kier molecular flexibility index (Phi) is 3.23. The third-order valence-electron chi connectivity index (χ3n) is 1.49. The van der Waals surface area contributed by atoms with Gasteiger partial charge in [0, 0.05) is 6.42 Å². The molecule has 0 amide bonds. The van der Waals surface area contributed by atoms with Gasteiger partial charge >= 0.3 is 0 Å². The predicted molar refractivity (Wildman–Crippen MR) is 45.8 cm³/mol. The van der Waals surface area contributed by atoms with Crippen LogP contribution in [0.25, 0.3) is 0 Å². The maximum atomic E-state index is 12.9. The van der Waals surface area contributed by atoms with Crippen LogP contribution < -0.4 is 0 Å². The lowest BCUT2D eigenvalue weighted by Gasteiger charge is -1.98. The molecule has 1 rings (SSSR count). The van der Waals surface area contributed by atoms with E-state index in [9.17, 15) is 9.18 Å². The van der Waals surface area contributed by atoms with E-state index in [0.717, 1.165) is 0 Å². The topological polar surface area (TPSA) is 17.1 Å². The molecule has 1 aromatic carbocycles. The van der Waals surface area contributed by atoms with Gasteiger partial charge in [-0.2, -0.15) is 0 Å². The summed E-state index contributed by atoms with van der Waals surface area (Å²) in [5, 5.41) is 0. The fourth-order valence-electron chi connectivity index (χ4n) is 0.901. The van der Waals surface area contributed by atoms with E-state index in [2.05, 4.69) is 0 Å². The van der Waals surface area contributed by atoms with Crippen molar-refractivity contribution in [3.8, 4) is 0 Å². The standard InChI is InChI=1S/C9H8ClFO/c10-6-8(12)5-7-3-1-2-4-9(7)11/h1-4H,5-6H2. The first-order valence-electron chi connectivity index (χ1n) is 3.55. The van der Waals surface area contributed by atoms with Crippen molar-refractivity contribution < 1.29 is 9.18 Å². The average molecular weight is 187 g/mol. The highest BCUT2D eigenvalue weighted by molar-refractivity contribution is 6.27. The molecule has 0 N–H and O–H groups in total. The summed E-state index contributed by atoms with van der Waals surface area (Å²) in [4.78, 5) is 10.8. The Morgan fingerprint density at radius 2 is 2.08 bits per heavy atom. The molecule has 1 aromatic rings. The van der Waals surface area contributed by atoms with E-state index >= 15 is 0 Å². The molecule has 0 fully saturated rings. The van der Waals surface area contributed by atoms with Crippen molar-refractivity contribution in [1.29, 1.82) is 0 Å². The average Bonchev–Trinajstić information content (AvgIpc) is 2.09. The molecule has 0 aliphatic heterocycles. The van der Waals surface area contributed by atoms with Crippen molar-refractivity contribution in [2.24, 2.45) is 0 Å². The van der Waals surface area contributed by atoms with E-state index in [1.54, 1.807) is 18.2 Å². The lowest BCUT2D eigenvalue weighted by molar-refractivity contribution is -0.116. The first kappa shape index (κ1) is 9.20. The quantitative estimate of drug-likeness (QED) is 0.662. The van der Waals surface area contributed by atoms with Crippen molar-refractivity contribution in [3.63, 3.8) is 0 Å². The smallest absolute Gasteiger partial charge is 0.152 e. The molecule has 0 aromatic heterocycles. The van der Waals surface area contributed by atoms with Crippen LogP contribution in [0.3, 0.4) is 0 Å². The van der Waals surface area contributed by atoms with Gasteiger partial charge in [0.1, 0.15) is 5.82 Å². The Hall–Kier alpha value is -0.890. The highest BCUT2D eigenvalue weighted by Gasteiger charge is 2.05. The van der Waals surface area contributed by atoms with Gasteiger partial charge in [0.05, 0.1) is 5.88 Å². The molecular formula is C9H8ClFO. The molecule has 64 valence electrons. The molecule has 0 aliphatic carbocycles. The zero-order chi connectivity index (χ0) is 8.97. The summed E-state index contributed by atoms with van der Waals surface area (Å²) in [6.45, 7) is 0. The highest BCUT2D eigenvalue weighted by Crippen LogP contribution is 2.07. The molecule has 0 saturated carbocycles. The number of hydrogen-bond acceptors (Lipinski definition) is 1. The second-order valence-corrected chi connectivity index (χ2v) is 2.71. The summed E-state index contributed by atoms with van der Waals surface area (Å²) >= 11 is 5.28. The van der Waals surface area contributed by atoms with Crippen molar-refractivity contribution in [2.75, 3.05) is 5.88 Å². The SMILES string of the molecule is O=C(CCl)Cc1ccccc1F. The number of carbonyl (C=O) groups is 1. The first-order valence-corrected chi connectivity index (χ1v) is 4.08. The largest absolute Gasteiger partial charge is 0.298 e. The molecule has 1 nitrogen and oxygen atoms in total. The molecule has 3 heteroatoms. The number of carbonyl (C=O) groups excluding carboxylic acids is 1. The van der Waals surface area contributed by atoms with Gasteiger partial charge in [0.2, 0.25) is 0 Å². The Morgan fingerprint density at radius 1 is 1.42 bits per heavy atom. The molecule has 0 bridgehead atoms. The van der Waals surface area contributed by atoms with Crippen molar-refractivity contribution in [2.45, 2.75) is 6.42 Å². The molecule has 0 heterocycles. The second kappa shape index (κ2) is 4.21. The Morgan fingerprint density at radius 3 is 2.67 bits per heavy atom. The number of ketones is 1. The maximum absolute atomic E-state index is 12.9. The lowest BCUT2D eigenvalue weighted by atomic mass is 10.1. The number of hydrogen-bond donors (Lipinski definition) is 0. The van der Waals surface area contributed by atoms with Crippen LogP contribution in [0, 0.1) is 5.82 Å². The van der Waals surface area contributed by atoms with E-state index in [0.29, 0.717) is 5.56 Å². The van der Waals surface area contributed by atoms with Crippen LogP contribution in [0.4, 0.5) is 4.39 Å². The summed E-state index contributed by atoms with van der Waals surface area (Å²) in [5.41, 5.74) is 0.406. The number of benzene rings is 1. The molecular weight excluding hydrogens is 179 g/mol. The normalized spacial score (nSPS) is 9.83. The van der Waals surface area contributed by atoms with Crippen LogP contribution in [0.5, 0.6) is 0 Å². The molecule has 0 spiro atoms. The lowest BCUT2D eigenvalue weighted by Crippen LogP contribution is -2.05. The van der Waals surface area contributed by atoms with Crippen molar-refractivity contribution in [1.82, 2.24) is 0 Å². The van der Waals surface area contributed by atoms with Gasteiger partial charge in [-0.25, -0.2) is 4.39 Å². The van der Waals surface area contributed by atoms with Gasteiger partial charge in [-0.15, -0.1) is 11.6 Å². The minimum absolute atomic E-state index is 0.0612. The predicted octanol–water partition coefficient (Wildman–Crippen LogP) is 2.18. The zero-order valence-electron chi connectivity index (χ0n) is 6.39. The third kappa shape index (κ3) is 2.31. The van der Waals surface area contributed by atoms with E-state index in [4.69, 9.17) is 11.6 Å². The monoisotopic (exact) mass is 186 g/mol. The Balaban J connectivity index is 2.75. The van der Waals surface area contributed by atoms with Crippen molar-refractivity contribution >= 4 is 17.4 Å². The van der Waals surface area contributed by atoms with Gasteiger partial charge in [-0.1, -0.05) is 18.2 Å². The van der Waals surface area contributed by atoms with E-state index in [1.807, 2.05) is 0 Å². The van der Waals surface area contributed by atoms with Crippen LogP contribution in [0.2, 0.25) is 0 Å². The van der Waals surface area contributed by atoms with Gasteiger partial charge in [-0.05, 0) is 11.6 Å². The van der Waals surface area contributed by atoms with Crippen LogP contribution in [-0.2, 0) is 11.2 Å². The summed E-state index contributed by atoms with van der Waals surface area (Å²) in [6, 6.07) is 6.19. The molecule has 0 aliphatic rings. The van der Waals surface area contributed by atoms with Gasteiger partial charge in [-0.3, -0.25) is 4.79 Å². The van der Waals surface area contributed by atoms with E-state index < -0.39 is 0 Å². The van der Waals surface area contributed by atoms with E-state index in [-0.39, 0.29) is 23.9 Å². The number of alkyl halides is 1. The molecule has 0 atom stereocenters. The van der Waals surface area contributed by atoms with Crippen LogP contribution in [0.15, 0.2) is 24.3 Å². The summed E-state index contributed by atoms with van der Waals surface area (Å²) in [6.07, 6.45) is 0.0795. The van der Waals surface area contributed by atoms with Gasteiger partial charge < -0.3 is 0 Å². The van der Waals surface area contributed by atoms with Gasteiger partial charge in [0.15, 0.2) is 5.78 Å². The summed E-state index contributed by atoms with van der Waals surface area (Å²) < 4.78 is 12.9. The Bertz CT molecular complexity index is 286. The Labute approximate surface area is 75.2 Å². The molecule has 0 unspecified atom stereocenters. The second-order valence-electron chi connectivity index (χ2n) is 2.44. The molecule has 12 heavy (non-hydrogen) atoms. The van der Waals surface area contributed by atoms with Crippen LogP contribution >= 0.6 is 11.6 Å². The van der Waals surface area contributed by atoms with Gasteiger partial charge in [0.25, 0.3) is 0 Å². The zero-order valence-corrected chi connectivity index (χ0v) is 7.14. The third-order valence-corrected chi connectivity index (χ3v) is 1.79. The molecule has 0 saturated heterocycles. The van der Waals surface area contributed by atoms with Crippen LogP contribution in [0.1, 0.15) is 5.56 Å². The maximum Gasteiger partial charge on any atom is 0.152 e. The van der Waals surface area contributed by atoms with Crippen LogP contribution in [-0.4, -0.2) is 11.7 Å². The fraction of sp³-hybridized carbons (Fsp3) is 0.222. The summed E-state index contributed by atoms with van der Waals surface area (Å²) in [7, 11) is 0.